The molecule has 2 N–H and O–H groups in total. The molecule has 0 spiro atoms. The number of para-hydroxylation sites is 2. The van der Waals surface area contributed by atoms with Crippen molar-refractivity contribution in [2.45, 2.75) is 13.5 Å². The van der Waals surface area contributed by atoms with Crippen molar-refractivity contribution in [3.63, 3.8) is 0 Å². The maximum Gasteiger partial charge on any atom is 0.152 e. The smallest absolute Gasteiger partial charge is 0.152 e. The summed E-state index contributed by atoms with van der Waals surface area (Å²) in [6, 6.07) is 28.5. The number of nitrogens with one attached hydrogen (secondary N) is 2. The lowest BCUT2D eigenvalue weighted by atomic mass is 10.0. The number of aryl methyl sites for hydroxylation is 1. The number of carbonyl (C=O) groups is 2. The zero-order valence-corrected chi connectivity index (χ0v) is 20.2. The molecular formula is C32H23N3O2. The van der Waals surface area contributed by atoms with E-state index in [1.807, 2.05) is 48.5 Å². The number of hydrogen-bond acceptors (Lipinski definition) is 2. The Hall–Kier alpha value is -4.90. The van der Waals surface area contributed by atoms with Crippen molar-refractivity contribution < 1.29 is 9.59 Å². The maximum atomic E-state index is 12.1. The summed E-state index contributed by atoms with van der Waals surface area (Å²) < 4.78 is 2.30. The molecule has 0 aliphatic rings. The first-order valence-corrected chi connectivity index (χ1v) is 12.4. The molecule has 0 radical (unpaired) electrons. The molecule has 0 saturated heterocycles. The molecule has 0 amide bonds. The predicted molar refractivity (Wildman–Crippen MR) is 150 cm³/mol. The van der Waals surface area contributed by atoms with E-state index in [1.54, 1.807) is 0 Å². The highest BCUT2D eigenvalue weighted by atomic mass is 16.1. The molecule has 178 valence electrons. The number of rotatable bonds is 5. The van der Waals surface area contributed by atoms with Crippen molar-refractivity contribution in [3.05, 3.63) is 96.1 Å². The first-order chi connectivity index (χ1) is 18.2. The van der Waals surface area contributed by atoms with E-state index in [0.717, 1.165) is 85.2 Å². The summed E-state index contributed by atoms with van der Waals surface area (Å²) in [5.74, 6) is 0. The van der Waals surface area contributed by atoms with Crippen LogP contribution in [0.1, 0.15) is 27.6 Å². The first kappa shape index (κ1) is 21.4. The molecule has 0 atom stereocenters. The number of carbonyl (C=O) groups excluding carboxylic acids is 2. The van der Waals surface area contributed by atoms with Crippen LogP contribution in [0.3, 0.4) is 0 Å². The van der Waals surface area contributed by atoms with Crippen LogP contribution in [0.5, 0.6) is 0 Å². The van der Waals surface area contributed by atoms with E-state index in [1.165, 1.54) is 0 Å². The third kappa shape index (κ3) is 3.04. The van der Waals surface area contributed by atoms with Crippen molar-refractivity contribution in [1.29, 1.82) is 0 Å². The van der Waals surface area contributed by atoms with Gasteiger partial charge < -0.3 is 14.5 Å². The molecule has 5 nitrogen and oxygen atoms in total. The van der Waals surface area contributed by atoms with Gasteiger partial charge >= 0.3 is 0 Å². The Kier molecular flexibility index (Phi) is 4.66. The fourth-order valence-electron chi connectivity index (χ4n) is 5.78. The average Bonchev–Trinajstić information content (AvgIpc) is 3.61. The van der Waals surface area contributed by atoms with E-state index in [-0.39, 0.29) is 0 Å². The number of nitrogens with zero attached hydrogens (tertiary/aromatic N) is 1. The van der Waals surface area contributed by atoms with Gasteiger partial charge in [-0.05, 0) is 54.4 Å². The quantitative estimate of drug-likeness (QED) is 0.247. The fraction of sp³-hybridized carbons (Fsp3) is 0.0625. The monoisotopic (exact) mass is 481 g/mol. The molecule has 4 aromatic carbocycles. The normalized spacial score (nSPS) is 11.7. The maximum absolute atomic E-state index is 12.1. The Balaban J connectivity index is 1.49. The van der Waals surface area contributed by atoms with Crippen molar-refractivity contribution in [2.75, 3.05) is 0 Å². The summed E-state index contributed by atoms with van der Waals surface area (Å²) in [7, 11) is 0. The minimum absolute atomic E-state index is 0.670. The van der Waals surface area contributed by atoms with Gasteiger partial charge in [0.15, 0.2) is 12.6 Å². The molecule has 7 rings (SSSR count). The van der Waals surface area contributed by atoms with Crippen LogP contribution in [0.25, 0.3) is 66.1 Å². The number of fused-ring (bicyclic) bond motifs is 5. The molecular weight excluding hydrogens is 458 g/mol. The number of aldehydes is 2. The molecule has 5 heteroatoms. The summed E-state index contributed by atoms with van der Waals surface area (Å²) in [6.45, 7) is 2.97. The van der Waals surface area contributed by atoms with Gasteiger partial charge in [0.1, 0.15) is 0 Å². The summed E-state index contributed by atoms with van der Waals surface area (Å²) in [5.41, 5.74) is 9.07. The van der Waals surface area contributed by atoms with Gasteiger partial charge in [-0.3, -0.25) is 9.59 Å². The Bertz CT molecular complexity index is 1880. The molecule has 3 heterocycles. The van der Waals surface area contributed by atoms with Gasteiger partial charge in [0.2, 0.25) is 0 Å². The molecule has 37 heavy (non-hydrogen) atoms. The van der Waals surface area contributed by atoms with Gasteiger partial charge in [0, 0.05) is 61.3 Å². The van der Waals surface area contributed by atoms with Crippen molar-refractivity contribution in [1.82, 2.24) is 14.5 Å². The van der Waals surface area contributed by atoms with E-state index < -0.39 is 0 Å². The molecule has 7 aromatic rings. The number of hydrogen-bond donors (Lipinski definition) is 2. The second kappa shape index (κ2) is 8.07. The minimum Gasteiger partial charge on any atom is -0.354 e. The lowest BCUT2D eigenvalue weighted by Gasteiger charge is -2.05. The zero-order chi connectivity index (χ0) is 25.1. The Morgan fingerprint density at radius 1 is 0.622 bits per heavy atom. The van der Waals surface area contributed by atoms with Crippen LogP contribution in [0.4, 0.5) is 0 Å². The Morgan fingerprint density at radius 2 is 1.08 bits per heavy atom. The molecule has 0 unspecified atom stereocenters. The number of aromatic nitrogens is 3. The van der Waals surface area contributed by atoms with Crippen LogP contribution in [0, 0.1) is 0 Å². The Morgan fingerprint density at radius 3 is 1.51 bits per heavy atom. The van der Waals surface area contributed by atoms with Gasteiger partial charge in [-0.25, -0.2) is 0 Å². The zero-order valence-electron chi connectivity index (χ0n) is 20.2. The Labute approximate surface area is 212 Å². The molecule has 3 aromatic heterocycles. The predicted octanol–water partition coefficient (Wildman–Crippen LogP) is 7.74. The van der Waals surface area contributed by atoms with E-state index in [4.69, 9.17) is 0 Å². The SMILES string of the molecule is CCn1c2ccc(-c3[nH]c4ccccc4c3C=O)cc2c2cc(-c3[nH]c4ccccc4c3C=O)ccc21. The molecule has 0 aliphatic heterocycles. The van der Waals surface area contributed by atoms with Crippen LogP contribution in [0.15, 0.2) is 84.9 Å². The molecule has 0 saturated carbocycles. The third-order valence-corrected chi connectivity index (χ3v) is 7.49. The third-order valence-electron chi connectivity index (χ3n) is 7.49. The summed E-state index contributed by atoms with van der Waals surface area (Å²) in [5, 5.41) is 4.06. The second-order valence-corrected chi connectivity index (χ2v) is 9.36. The average molecular weight is 482 g/mol. The summed E-state index contributed by atoms with van der Waals surface area (Å²) in [6.07, 6.45) is 1.87. The fourth-order valence-corrected chi connectivity index (χ4v) is 5.78. The van der Waals surface area contributed by atoms with E-state index in [0.29, 0.717) is 11.1 Å². The van der Waals surface area contributed by atoms with Crippen LogP contribution in [-0.2, 0) is 6.54 Å². The van der Waals surface area contributed by atoms with E-state index in [9.17, 15) is 9.59 Å². The highest BCUT2D eigenvalue weighted by Crippen LogP contribution is 2.38. The highest BCUT2D eigenvalue weighted by Gasteiger charge is 2.18. The molecule has 0 bridgehead atoms. The van der Waals surface area contributed by atoms with E-state index >= 15 is 0 Å². The van der Waals surface area contributed by atoms with Crippen LogP contribution < -0.4 is 0 Å². The lowest BCUT2D eigenvalue weighted by molar-refractivity contribution is 0.111. The lowest BCUT2D eigenvalue weighted by Crippen LogP contribution is -1.93. The summed E-state index contributed by atoms with van der Waals surface area (Å²) in [4.78, 5) is 31.1. The van der Waals surface area contributed by atoms with Gasteiger partial charge in [-0.2, -0.15) is 0 Å². The molecule has 0 fully saturated rings. The topological polar surface area (TPSA) is 70.7 Å². The van der Waals surface area contributed by atoms with Crippen LogP contribution in [-0.4, -0.2) is 27.1 Å². The van der Waals surface area contributed by atoms with Crippen LogP contribution in [0.2, 0.25) is 0 Å². The highest BCUT2D eigenvalue weighted by molar-refractivity contribution is 6.13. The number of aromatic amines is 2. The van der Waals surface area contributed by atoms with Gasteiger partial charge in [-0.15, -0.1) is 0 Å². The van der Waals surface area contributed by atoms with Gasteiger partial charge in [0.05, 0.1) is 11.4 Å². The van der Waals surface area contributed by atoms with Gasteiger partial charge in [0.25, 0.3) is 0 Å². The number of benzene rings is 4. The van der Waals surface area contributed by atoms with E-state index in [2.05, 4.69) is 57.9 Å². The van der Waals surface area contributed by atoms with Crippen LogP contribution >= 0.6 is 0 Å². The van der Waals surface area contributed by atoms with Crippen molar-refractivity contribution in [3.8, 4) is 22.5 Å². The molecule has 0 aliphatic carbocycles. The summed E-state index contributed by atoms with van der Waals surface area (Å²) >= 11 is 0. The standard InChI is InChI=1S/C32H23N3O2/c1-2-35-29-13-11-19(31-25(17-36)21-7-3-5-9-27(21)33-31)15-23(29)24-16-20(12-14-30(24)35)32-26(18-37)22-8-4-6-10-28(22)34-32/h3-18,33-34H,2H2,1H3. The number of H-pyrrole nitrogens is 2. The van der Waals surface area contributed by atoms with Gasteiger partial charge in [-0.1, -0.05) is 48.5 Å². The first-order valence-electron chi connectivity index (χ1n) is 12.4. The second-order valence-electron chi connectivity index (χ2n) is 9.36. The largest absolute Gasteiger partial charge is 0.354 e. The van der Waals surface area contributed by atoms with Crippen molar-refractivity contribution in [2.24, 2.45) is 0 Å². The minimum atomic E-state index is 0.670. The van der Waals surface area contributed by atoms with Crippen molar-refractivity contribution >= 4 is 56.2 Å².